The van der Waals surface area contributed by atoms with Crippen LogP contribution in [0.25, 0.3) is 0 Å². The average molecular weight is 425 g/mol. The van der Waals surface area contributed by atoms with Gasteiger partial charge in [0, 0.05) is 5.02 Å². The summed E-state index contributed by atoms with van der Waals surface area (Å²) in [6.07, 6.45) is 0.169. The second-order valence-corrected chi connectivity index (χ2v) is 6.81. The molecule has 0 aromatic heterocycles. The maximum atomic E-state index is 12.0. The van der Waals surface area contributed by atoms with Crippen molar-refractivity contribution in [2.45, 2.75) is 12.7 Å². The van der Waals surface area contributed by atoms with Crippen LogP contribution in [0, 0.1) is 0 Å². The fraction of sp³-hybridized carbons (Fsp3) is 0.130. The molecule has 0 saturated heterocycles. The summed E-state index contributed by atoms with van der Waals surface area (Å²) in [5, 5.41) is 14.6. The van der Waals surface area contributed by atoms with Gasteiger partial charge in [-0.15, -0.1) is 0 Å². The van der Waals surface area contributed by atoms with Crippen LogP contribution in [0.4, 0.5) is 0 Å². The summed E-state index contributed by atoms with van der Waals surface area (Å²) in [5.74, 6) is 0.490. The molecule has 0 aliphatic heterocycles. The maximum Gasteiger partial charge on any atom is 0.273 e. The van der Waals surface area contributed by atoms with Crippen molar-refractivity contribution >= 4 is 23.7 Å². The zero-order valence-electron chi connectivity index (χ0n) is 16.3. The van der Waals surface area contributed by atoms with Crippen molar-refractivity contribution in [3.8, 4) is 11.5 Å². The van der Waals surface area contributed by atoms with Gasteiger partial charge in [0.05, 0.1) is 13.3 Å². The number of hydrogen-bond acceptors (Lipinski definition) is 5. The number of carbonyl (C=O) groups excluding carboxylic acids is 1. The zero-order valence-corrected chi connectivity index (χ0v) is 17.0. The Labute approximate surface area is 179 Å². The number of amides is 1. The number of nitrogens with zero attached hydrogens (tertiary/aromatic N) is 1. The van der Waals surface area contributed by atoms with E-state index in [9.17, 15) is 9.90 Å². The van der Waals surface area contributed by atoms with Gasteiger partial charge in [0.1, 0.15) is 6.61 Å². The van der Waals surface area contributed by atoms with E-state index in [4.69, 9.17) is 21.1 Å². The third-order valence-corrected chi connectivity index (χ3v) is 4.50. The number of benzene rings is 3. The molecule has 0 fully saturated rings. The van der Waals surface area contributed by atoms with Crippen LogP contribution in [0.2, 0.25) is 5.02 Å². The van der Waals surface area contributed by atoms with E-state index in [2.05, 4.69) is 10.5 Å². The van der Waals surface area contributed by atoms with E-state index in [0.717, 1.165) is 5.56 Å². The Bertz CT molecular complexity index is 1010. The van der Waals surface area contributed by atoms with Crippen molar-refractivity contribution in [2.75, 3.05) is 7.11 Å². The van der Waals surface area contributed by atoms with Crippen LogP contribution in [0.1, 0.15) is 22.8 Å². The maximum absolute atomic E-state index is 12.0. The standard InChI is InChI=1S/C23H21ClN2O4/c1-29-21-13-17(9-12-20(21)30-15-16-7-10-19(24)11-8-16)14-25-26-23(28)22(27)18-5-3-2-4-6-18/h2-14,22,27H,15H2,1H3,(H,26,28)/b25-14-/t22-/m0/s1. The summed E-state index contributed by atoms with van der Waals surface area (Å²) in [4.78, 5) is 12.0. The number of aliphatic hydroxyl groups is 1. The van der Waals surface area contributed by atoms with Crippen LogP contribution >= 0.6 is 11.6 Å². The minimum absolute atomic E-state index is 0.369. The summed E-state index contributed by atoms with van der Waals surface area (Å²) in [6, 6.07) is 21.3. The third kappa shape index (κ3) is 5.83. The molecule has 3 rings (SSSR count). The molecule has 30 heavy (non-hydrogen) atoms. The molecule has 6 nitrogen and oxygen atoms in total. The molecule has 3 aromatic carbocycles. The van der Waals surface area contributed by atoms with Crippen molar-refractivity contribution < 1.29 is 19.4 Å². The van der Waals surface area contributed by atoms with Gasteiger partial charge in [-0.25, -0.2) is 5.43 Å². The van der Waals surface area contributed by atoms with Crippen molar-refractivity contribution in [3.63, 3.8) is 0 Å². The van der Waals surface area contributed by atoms with Gasteiger partial charge in [-0.1, -0.05) is 54.1 Å². The first kappa shape index (κ1) is 21.4. The van der Waals surface area contributed by atoms with Crippen LogP contribution in [-0.2, 0) is 11.4 Å². The predicted molar refractivity (Wildman–Crippen MR) is 116 cm³/mol. The van der Waals surface area contributed by atoms with Gasteiger partial charge in [0.25, 0.3) is 5.91 Å². The molecule has 1 amide bonds. The smallest absolute Gasteiger partial charge is 0.273 e. The Hall–Kier alpha value is -3.35. The molecule has 0 spiro atoms. The number of hydrogen-bond donors (Lipinski definition) is 2. The van der Waals surface area contributed by atoms with Gasteiger partial charge in [0.2, 0.25) is 0 Å². The van der Waals surface area contributed by atoms with Crippen LogP contribution in [-0.4, -0.2) is 24.3 Å². The highest BCUT2D eigenvalue weighted by atomic mass is 35.5. The number of hydrazone groups is 1. The molecule has 1 atom stereocenters. The molecule has 0 heterocycles. The minimum Gasteiger partial charge on any atom is -0.493 e. The molecule has 0 bridgehead atoms. The second-order valence-electron chi connectivity index (χ2n) is 6.37. The lowest BCUT2D eigenvalue weighted by Crippen LogP contribution is -2.25. The van der Waals surface area contributed by atoms with E-state index in [-0.39, 0.29) is 0 Å². The number of aliphatic hydroxyl groups excluding tert-OH is 1. The normalized spacial score (nSPS) is 11.8. The summed E-state index contributed by atoms with van der Waals surface area (Å²) >= 11 is 5.89. The predicted octanol–water partition coefficient (Wildman–Crippen LogP) is 4.11. The van der Waals surface area contributed by atoms with Crippen molar-refractivity contribution in [3.05, 3.63) is 94.5 Å². The molecule has 2 N–H and O–H groups in total. The lowest BCUT2D eigenvalue weighted by Gasteiger charge is -2.11. The van der Waals surface area contributed by atoms with Gasteiger partial charge in [-0.2, -0.15) is 5.10 Å². The first-order chi connectivity index (χ1) is 14.6. The van der Waals surface area contributed by atoms with E-state index < -0.39 is 12.0 Å². The average Bonchev–Trinajstić information content (AvgIpc) is 2.79. The monoisotopic (exact) mass is 424 g/mol. The second kappa shape index (κ2) is 10.4. The first-order valence-electron chi connectivity index (χ1n) is 9.18. The van der Waals surface area contributed by atoms with Crippen LogP contribution in [0.5, 0.6) is 11.5 Å². The molecule has 0 radical (unpaired) electrons. The highest BCUT2D eigenvalue weighted by Gasteiger charge is 2.16. The Kier molecular flexibility index (Phi) is 7.43. The first-order valence-corrected chi connectivity index (χ1v) is 9.56. The van der Waals surface area contributed by atoms with Gasteiger partial charge in [-0.05, 0) is 47.0 Å². The van der Waals surface area contributed by atoms with E-state index in [1.165, 1.54) is 6.21 Å². The largest absolute Gasteiger partial charge is 0.493 e. The number of carbonyl (C=O) groups is 1. The van der Waals surface area contributed by atoms with Crippen molar-refractivity contribution in [1.82, 2.24) is 5.43 Å². The van der Waals surface area contributed by atoms with Gasteiger partial charge in [-0.3, -0.25) is 4.79 Å². The SMILES string of the molecule is COc1cc(/C=N\NC(=O)[C@@H](O)c2ccccc2)ccc1OCc1ccc(Cl)cc1. The number of rotatable bonds is 8. The minimum atomic E-state index is -1.29. The Morgan fingerprint density at radius 3 is 2.53 bits per heavy atom. The van der Waals surface area contributed by atoms with Crippen molar-refractivity contribution in [2.24, 2.45) is 5.10 Å². The topological polar surface area (TPSA) is 80.2 Å². The zero-order chi connectivity index (χ0) is 21.3. The van der Waals surface area contributed by atoms with E-state index >= 15 is 0 Å². The fourth-order valence-electron chi connectivity index (χ4n) is 2.64. The number of nitrogens with one attached hydrogen (secondary N) is 1. The number of methoxy groups -OCH3 is 1. The van der Waals surface area contributed by atoms with Gasteiger partial charge < -0.3 is 14.6 Å². The molecule has 3 aromatic rings. The van der Waals surface area contributed by atoms with Crippen LogP contribution < -0.4 is 14.9 Å². The summed E-state index contributed by atoms with van der Waals surface area (Å²) in [7, 11) is 1.55. The summed E-state index contributed by atoms with van der Waals surface area (Å²) in [5.41, 5.74) is 4.50. The molecule has 7 heteroatoms. The molecular formula is C23H21ClN2O4. The molecular weight excluding hydrogens is 404 g/mol. The van der Waals surface area contributed by atoms with Gasteiger partial charge in [0.15, 0.2) is 17.6 Å². The highest BCUT2D eigenvalue weighted by Crippen LogP contribution is 2.28. The lowest BCUT2D eigenvalue weighted by atomic mass is 10.1. The van der Waals surface area contributed by atoms with Crippen molar-refractivity contribution in [1.29, 1.82) is 0 Å². The van der Waals surface area contributed by atoms with E-state index in [1.807, 2.05) is 18.2 Å². The number of ether oxygens (including phenoxy) is 2. The van der Waals surface area contributed by atoms with Gasteiger partial charge >= 0.3 is 0 Å². The van der Waals surface area contributed by atoms with E-state index in [0.29, 0.717) is 34.3 Å². The Balaban J connectivity index is 1.59. The fourth-order valence-corrected chi connectivity index (χ4v) is 2.77. The molecule has 0 aliphatic rings. The Morgan fingerprint density at radius 1 is 1.10 bits per heavy atom. The number of halogens is 1. The Morgan fingerprint density at radius 2 is 1.83 bits per heavy atom. The van der Waals surface area contributed by atoms with E-state index in [1.54, 1.807) is 61.7 Å². The molecule has 0 aliphatic carbocycles. The highest BCUT2D eigenvalue weighted by molar-refractivity contribution is 6.30. The lowest BCUT2D eigenvalue weighted by molar-refractivity contribution is -0.129. The van der Waals surface area contributed by atoms with Crippen LogP contribution in [0.15, 0.2) is 77.9 Å². The molecule has 154 valence electrons. The summed E-state index contributed by atoms with van der Waals surface area (Å²) < 4.78 is 11.2. The summed E-state index contributed by atoms with van der Waals surface area (Å²) in [6.45, 7) is 0.369. The molecule has 0 unspecified atom stereocenters. The quantitative estimate of drug-likeness (QED) is 0.421. The third-order valence-electron chi connectivity index (χ3n) is 4.25. The molecule has 0 saturated carbocycles. The van der Waals surface area contributed by atoms with Crippen LogP contribution in [0.3, 0.4) is 0 Å².